The molecule has 0 aliphatic heterocycles. The summed E-state index contributed by atoms with van der Waals surface area (Å²) in [6.45, 7) is 5.28. The van der Waals surface area contributed by atoms with Crippen LogP contribution in [0.2, 0.25) is 0 Å². The molecule has 2 nitrogen and oxygen atoms in total. The van der Waals surface area contributed by atoms with Crippen LogP contribution in [0.1, 0.15) is 11.1 Å². The zero-order chi connectivity index (χ0) is 10.4. The van der Waals surface area contributed by atoms with Gasteiger partial charge in [-0.15, -0.1) is 0 Å². The number of carbonyl (C=O) groups excluding carboxylic acids is 1. The maximum Gasteiger partial charge on any atom is 0.335 e. The van der Waals surface area contributed by atoms with Crippen molar-refractivity contribution in [2.24, 2.45) is 0 Å². The molecule has 0 saturated heterocycles. The van der Waals surface area contributed by atoms with Crippen LogP contribution in [0.3, 0.4) is 0 Å². The molecular weight excluding hydrogens is 176 g/mol. The summed E-state index contributed by atoms with van der Waals surface area (Å²) in [4.78, 5) is 10.9. The van der Waals surface area contributed by atoms with Crippen LogP contribution in [0.4, 0.5) is 0 Å². The van der Waals surface area contributed by atoms with Gasteiger partial charge in [-0.25, -0.2) is 4.79 Å². The van der Waals surface area contributed by atoms with E-state index in [-0.39, 0.29) is 0 Å². The number of carbonyl (C=O) groups is 1. The Labute approximate surface area is 83.5 Å². The zero-order valence-electron chi connectivity index (χ0n) is 8.07. The first-order valence-corrected chi connectivity index (χ1v) is 4.29. The Kier molecular flexibility index (Phi) is 3.68. The molecule has 1 aromatic rings. The zero-order valence-corrected chi connectivity index (χ0v) is 8.07. The minimum atomic E-state index is -0.414. The van der Waals surface area contributed by atoms with E-state index in [1.165, 1.54) is 6.08 Å². The molecule has 1 aromatic carbocycles. The van der Waals surface area contributed by atoms with Gasteiger partial charge in [0.1, 0.15) is 0 Å². The van der Waals surface area contributed by atoms with Crippen LogP contribution in [0.25, 0.3) is 6.08 Å². The number of rotatable bonds is 3. The third-order valence-corrected chi connectivity index (χ3v) is 1.79. The van der Waals surface area contributed by atoms with Crippen molar-refractivity contribution in [1.82, 2.24) is 0 Å². The van der Waals surface area contributed by atoms with Crippen molar-refractivity contribution >= 4 is 12.0 Å². The van der Waals surface area contributed by atoms with Gasteiger partial charge in [-0.2, -0.15) is 0 Å². The molecule has 0 aromatic heterocycles. The molecular formula is C12H12O2. The van der Waals surface area contributed by atoms with Gasteiger partial charge in [0.25, 0.3) is 0 Å². The summed E-state index contributed by atoms with van der Waals surface area (Å²) in [5.41, 5.74) is 2.13. The molecule has 0 heterocycles. The van der Waals surface area contributed by atoms with Crippen LogP contribution in [0.5, 0.6) is 0 Å². The van der Waals surface area contributed by atoms with E-state index in [0.29, 0.717) is 0 Å². The minimum absolute atomic E-state index is 0.414. The van der Waals surface area contributed by atoms with E-state index in [1.54, 1.807) is 6.08 Å². The van der Waals surface area contributed by atoms with Gasteiger partial charge in [-0.1, -0.05) is 30.8 Å². The molecule has 0 amide bonds. The van der Waals surface area contributed by atoms with Crippen LogP contribution in [-0.4, -0.2) is 5.97 Å². The highest BCUT2D eigenvalue weighted by atomic mass is 16.5. The molecule has 0 fully saturated rings. The predicted molar refractivity (Wildman–Crippen MR) is 56.5 cm³/mol. The predicted octanol–water partition coefficient (Wildman–Crippen LogP) is 2.69. The van der Waals surface area contributed by atoms with Gasteiger partial charge in [0.05, 0.1) is 6.26 Å². The van der Waals surface area contributed by atoms with E-state index in [9.17, 15) is 4.79 Å². The van der Waals surface area contributed by atoms with Crippen LogP contribution in [-0.2, 0) is 9.53 Å². The lowest BCUT2D eigenvalue weighted by Gasteiger charge is -1.97. The maximum absolute atomic E-state index is 10.9. The summed E-state index contributed by atoms with van der Waals surface area (Å²) >= 11 is 0. The average molecular weight is 188 g/mol. The fraction of sp³-hybridized carbons (Fsp3) is 0.0833. The van der Waals surface area contributed by atoms with Gasteiger partial charge in [-0.05, 0) is 24.1 Å². The molecule has 0 atom stereocenters. The lowest BCUT2D eigenvalue weighted by atomic mass is 10.1. The molecule has 0 bridgehead atoms. The highest BCUT2D eigenvalue weighted by molar-refractivity contribution is 5.87. The van der Waals surface area contributed by atoms with Crippen molar-refractivity contribution in [2.75, 3.05) is 0 Å². The summed E-state index contributed by atoms with van der Waals surface area (Å²) in [6.07, 6.45) is 4.22. The Morgan fingerprint density at radius 1 is 1.43 bits per heavy atom. The van der Waals surface area contributed by atoms with E-state index in [1.807, 2.05) is 31.2 Å². The Bertz CT molecular complexity index is 364. The van der Waals surface area contributed by atoms with Gasteiger partial charge in [0.15, 0.2) is 0 Å². The summed E-state index contributed by atoms with van der Waals surface area (Å²) in [7, 11) is 0. The molecule has 0 spiro atoms. The second-order valence-corrected chi connectivity index (χ2v) is 2.79. The second-order valence-electron chi connectivity index (χ2n) is 2.79. The van der Waals surface area contributed by atoms with Crippen molar-refractivity contribution in [3.63, 3.8) is 0 Å². The first kappa shape index (κ1) is 10.3. The van der Waals surface area contributed by atoms with Gasteiger partial charge in [-0.3, -0.25) is 0 Å². The van der Waals surface area contributed by atoms with Crippen LogP contribution < -0.4 is 0 Å². The lowest BCUT2D eigenvalue weighted by molar-refractivity contribution is -0.132. The van der Waals surface area contributed by atoms with Gasteiger partial charge in [0.2, 0.25) is 0 Å². The van der Waals surface area contributed by atoms with E-state index in [2.05, 4.69) is 11.3 Å². The minimum Gasteiger partial charge on any atom is -0.432 e. The molecule has 2 heteroatoms. The number of esters is 1. The molecule has 0 radical (unpaired) electrons. The van der Waals surface area contributed by atoms with Gasteiger partial charge < -0.3 is 4.74 Å². The Balaban J connectivity index is 2.73. The molecule has 0 unspecified atom stereocenters. The van der Waals surface area contributed by atoms with E-state index in [0.717, 1.165) is 17.4 Å². The number of hydrogen-bond acceptors (Lipinski definition) is 2. The normalized spacial score (nSPS) is 10.1. The van der Waals surface area contributed by atoms with Crippen molar-refractivity contribution in [2.45, 2.75) is 6.92 Å². The quantitative estimate of drug-likeness (QED) is 0.414. The molecule has 14 heavy (non-hydrogen) atoms. The first-order valence-electron chi connectivity index (χ1n) is 4.29. The summed E-state index contributed by atoms with van der Waals surface area (Å²) in [5.74, 6) is -0.414. The van der Waals surface area contributed by atoms with Crippen LogP contribution >= 0.6 is 0 Å². The molecule has 72 valence electrons. The van der Waals surface area contributed by atoms with Crippen molar-refractivity contribution in [1.29, 1.82) is 0 Å². The second kappa shape index (κ2) is 5.02. The van der Waals surface area contributed by atoms with Crippen molar-refractivity contribution in [3.8, 4) is 0 Å². The Morgan fingerprint density at radius 3 is 2.79 bits per heavy atom. The smallest absolute Gasteiger partial charge is 0.335 e. The standard InChI is InChI=1S/C12H12O2/c1-3-14-12(13)9-8-11-7-5-4-6-10(11)2/h3-9H,1H2,2H3/b9-8+. The summed E-state index contributed by atoms with van der Waals surface area (Å²) in [6, 6.07) is 7.80. The van der Waals surface area contributed by atoms with Crippen LogP contribution in [0, 0.1) is 6.92 Å². The lowest BCUT2D eigenvalue weighted by Crippen LogP contribution is -1.92. The number of ether oxygens (including phenoxy) is 1. The Morgan fingerprint density at radius 2 is 2.14 bits per heavy atom. The highest BCUT2D eigenvalue weighted by Crippen LogP contribution is 2.08. The third-order valence-electron chi connectivity index (χ3n) is 1.79. The van der Waals surface area contributed by atoms with E-state index in [4.69, 9.17) is 0 Å². The molecule has 0 saturated carbocycles. The Hall–Kier alpha value is -1.83. The number of aryl methyl sites for hydroxylation is 1. The number of hydrogen-bond donors (Lipinski definition) is 0. The SMILES string of the molecule is C=COC(=O)/C=C/c1ccccc1C. The highest BCUT2D eigenvalue weighted by Gasteiger charge is 1.94. The third kappa shape index (κ3) is 2.90. The monoisotopic (exact) mass is 188 g/mol. The van der Waals surface area contributed by atoms with Crippen molar-refractivity contribution < 1.29 is 9.53 Å². The average Bonchev–Trinajstić information content (AvgIpc) is 2.17. The number of benzene rings is 1. The fourth-order valence-electron chi connectivity index (χ4n) is 1.05. The van der Waals surface area contributed by atoms with Crippen molar-refractivity contribution in [3.05, 3.63) is 54.3 Å². The van der Waals surface area contributed by atoms with E-state index >= 15 is 0 Å². The molecule has 0 aliphatic carbocycles. The fourth-order valence-corrected chi connectivity index (χ4v) is 1.05. The van der Waals surface area contributed by atoms with Gasteiger partial charge >= 0.3 is 5.97 Å². The maximum atomic E-state index is 10.9. The first-order chi connectivity index (χ1) is 6.74. The largest absolute Gasteiger partial charge is 0.432 e. The molecule has 1 rings (SSSR count). The summed E-state index contributed by atoms with van der Waals surface area (Å²) in [5, 5.41) is 0. The van der Waals surface area contributed by atoms with E-state index < -0.39 is 5.97 Å². The van der Waals surface area contributed by atoms with Crippen LogP contribution in [0.15, 0.2) is 43.2 Å². The summed E-state index contributed by atoms with van der Waals surface area (Å²) < 4.78 is 4.54. The van der Waals surface area contributed by atoms with Gasteiger partial charge in [0, 0.05) is 6.08 Å². The topological polar surface area (TPSA) is 26.3 Å². The molecule has 0 N–H and O–H groups in total. The molecule has 0 aliphatic rings.